The molecule has 0 unspecified atom stereocenters. The summed E-state index contributed by atoms with van der Waals surface area (Å²) in [5.74, 6) is 1.60. The molecule has 0 saturated heterocycles. The smallest absolute Gasteiger partial charge is 0.270 e. The number of rotatable bonds is 5. The molecule has 1 aliphatic rings. The fraction of sp³-hybridized carbons (Fsp3) is 0.474. The lowest BCUT2D eigenvalue weighted by molar-refractivity contribution is -0.113. The number of carbonyl (C=O) groups is 1. The zero-order chi connectivity index (χ0) is 18.8. The van der Waals surface area contributed by atoms with Crippen LogP contribution in [0.1, 0.15) is 56.5 Å². The molecule has 2 heterocycles. The summed E-state index contributed by atoms with van der Waals surface area (Å²) in [4.78, 5) is 24.9. The maximum Gasteiger partial charge on any atom is 0.270 e. The third-order valence-electron chi connectivity index (χ3n) is 4.45. The van der Waals surface area contributed by atoms with Crippen LogP contribution in [0.4, 0.5) is 5.82 Å². The predicted octanol–water partition coefficient (Wildman–Crippen LogP) is 3.71. The number of ether oxygens (including phenoxy) is 1. The number of benzene rings is 1. The Balaban J connectivity index is 2.03. The van der Waals surface area contributed by atoms with Crippen molar-refractivity contribution in [2.75, 3.05) is 11.1 Å². The molecule has 3 rings (SSSR count). The van der Waals surface area contributed by atoms with Gasteiger partial charge in [-0.1, -0.05) is 19.1 Å². The van der Waals surface area contributed by atoms with E-state index in [2.05, 4.69) is 10.4 Å². The van der Waals surface area contributed by atoms with Gasteiger partial charge in [-0.2, -0.15) is 0 Å². The number of thioether (sulfide) groups is 1. The van der Waals surface area contributed by atoms with Crippen LogP contribution in [-0.2, 0) is 4.79 Å². The first-order valence-electron chi connectivity index (χ1n) is 8.93. The zero-order valence-electron chi connectivity index (χ0n) is 15.5. The van der Waals surface area contributed by atoms with Gasteiger partial charge in [0, 0.05) is 6.04 Å². The minimum absolute atomic E-state index is 0.0884. The van der Waals surface area contributed by atoms with Gasteiger partial charge in [-0.15, -0.1) is 11.8 Å². The molecular weight excluding hydrogens is 350 g/mol. The first-order valence-corrected chi connectivity index (χ1v) is 9.98. The lowest BCUT2D eigenvalue weighted by Crippen LogP contribution is -2.18. The van der Waals surface area contributed by atoms with E-state index in [1.54, 1.807) is 4.68 Å². The van der Waals surface area contributed by atoms with Gasteiger partial charge in [0.25, 0.3) is 5.56 Å². The molecule has 1 aromatic heterocycles. The van der Waals surface area contributed by atoms with Crippen LogP contribution in [-0.4, -0.2) is 27.5 Å². The van der Waals surface area contributed by atoms with E-state index in [-0.39, 0.29) is 28.9 Å². The Morgan fingerprint density at radius 1 is 1.23 bits per heavy atom. The molecule has 7 heteroatoms. The Hall–Kier alpha value is -2.15. The Labute approximate surface area is 157 Å². The molecule has 1 aromatic carbocycles. The molecule has 2 atom stereocenters. The lowest BCUT2D eigenvalue weighted by Gasteiger charge is -2.17. The Bertz CT molecular complexity index is 839. The van der Waals surface area contributed by atoms with Gasteiger partial charge in [-0.3, -0.25) is 19.4 Å². The number of H-pyrrole nitrogens is 1. The molecule has 0 fully saturated rings. The summed E-state index contributed by atoms with van der Waals surface area (Å²) >= 11 is 1.47. The molecule has 0 radical (unpaired) electrons. The van der Waals surface area contributed by atoms with Crippen molar-refractivity contribution in [3.8, 4) is 5.75 Å². The molecule has 2 N–H and O–H groups in total. The summed E-state index contributed by atoms with van der Waals surface area (Å²) in [6.45, 7) is 8.03. The Kier molecular flexibility index (Phi) is 5.46. The SMILES string of the molecule is CC[C@H](C)n1[nH]c(=O)c2c1NC(=O)CS[C@H]2c1ccc(OC(C)C)cc1. The fourth-order valence-corrected chi connectivity index (χ4v) is 4.14. The molecule has 1 aliphatic heterocycles. The minimum atomic E-state index is -0.203. The van der Waals surface area contributed by atoms with Crippen molar-refractivity contribution in [3.05, 3.63) is 45.7 Å². The van der Waals surface area contributed by atoms with Gasteiger partial charge in [0.1, 0.15) is 11.6 Å². The molecular formula is C19H25N3O3S. The van der Waals surface area contributed by atoms with Crippen molar-refractivity contribution in [2.24, 2.45) is 0 Å². The highest BCUT2D eigenvalue weighted by Crippen LogP contribution is 2.40. The quantitative estimate of drug-likeness (QED) is 0.835. The van der Waals surface area contributed by atoms with E-state index in [1.165, 1.54) is 11.8 Å². The maximum atomic E-state index is 12.7. The first-order chi connectivity index (χ1) is 12.4. The highest BCUT2D eigenvalue weighted by atomic mass is 32.2. The van der Waals surface area contributed by atoms with Crippen LogP contribution in [0.25, 0.3) is 0 Å². The summed E-state index contributed by atoms with van der Waals surface area (Å²) in [5, 5.41) is 5.61. The van der Waals surface area contributed by atoms with Crippen molar-refractivity contribution in [1.29, 1.82) is 0 Å². The maximum absolute atomic E-state index is 12.7. The minimum Gasteiger partial charge on any atom is -0.491 e. The highest BCUT2D eigenvalue weighted by Gasteiger charge is 2.31. The number of hydrogen-bond donors (Lipinski definition) is 2. The van der Waals surface area contributed by atoms with E-state index >= 15 is 0 Å². The van der Waals surface area contributed by atoms with E-state index in [4.69, 9.17) is 4.74 Å². The van der Waals surface area contributed by atoms with E-state index in [9.17, 15) is 9.59 Å². The number of aromatic nitrogens is 2. The van der Waals surface area contributed by atoms with Crippen molar-refractivity contribution in [3.63, 3.8) is 0 Å². The number of aromatic amines is 1. The topological polar surface area (TPSA) is 76.1 Å². The van der Waals surface area contributed by atoms with Gasteiger partial charge < -0.3 is 10.1 Å². The predicted molar refractivity (Wildman–Crippen MR) is 105 cm³/mol. The van der Waals surface area contributed by atoms with Crippen molar-refractivity contribution < 1.29 is 9.53 Å². The molecule has 26 heavy (non-hydrogen) atoms. The third-order valence-corrected chi connectivity index (χ3v) is 5.72. The van der Waals surface area contributed by atoms with Crippen LogP contribution < -0.4 is 15.6 Å². The molecule has 0 bridgehead atoms. The molecule has 1 amide bonds. The van der Waals surface area contributed by atoms with E-state index in [0.29, 0.717) is 17.1 Å². The summed E-state index contributed by atoms with van der Waals surface area (Å²) < 4.78 is 7.48. The summed E-state index contributed by atoms with van der Waals surface area (Å²) in [6.07, 6.45) is 0.959. The highest BCUT2D eigenvalue weighted by molar-refractivity contribution is 8.00. The molecule has 6 nitrogen and oxygen atoms in total. The molecule has 0 aliphatic carbocycles. The van der Waals surface area contributed by atoms with E-state index in [1.807, 2.05) is 52.0 Å². The van der Waals surface area contributed by atoms with Gasteiger partial charge in [0.05, 0.1) is 22.7 Å². The zero-order valence-corrected chi connectivity index (χ0v) is 16.4. The summed E-state index contributed by atoms with van der Waals surface area (Å²) in [5.41, 5.74) is 1.44. The standard InChI is InChI=1S/C19H25N3O3S/c1-5-12(4)22-18-16(19(24)21-22)17(26-10-15(23)20-18)13-6-8-14(9-7-13)25-11(2)3/h6-9,11-12,17H,5,10H2,1-4H3,(H,20,23)(H,21,24)/t12-,17-/m0/s1. The number of fused-ring (bicyclic) bond motifs is 1. The average molecular weight is 375 g/mol. The van der Waals surface area contributed by atoms with Crippen LogP contribution in [0.5, 0.6) is 5.75 Å². The van der Waals surface area contributed by atoms with Crippen LogP contribution in [0, 0.1) is 0 Å². The monoisotopic (exact) mass is 375 g/mol. The van der Waals surface area contributed by atoms with Crippen molar-refractivity contribution in [1.82, 2.24) is 9.78 Å². The number of anilines is 1. The van der Waals surface area contributed by atoms with Gasteiger partial charge in [-0.05, 0) is 44.9 Å². The summed E-state index contributed by atoms with van der Waals surface area (Å²) in [6, 6.07) is 7.85. The van der Waals surface area contributed by atoms with E-state index < -0.39 is 0 Å². The summed E-state index contributed by atoms with van der Waals surface area (Å²) in [7, 11) is 0. The normalized spacial score (nSPS) is 18.2. The van der Waals surface area contributed by atoms with Crippen LogP contribution >= 0.6 is 11.8 Å². The van der Waals surface area contributed by atoms with Crippen molar-refractivity contribution in [2.45, 2.75) is 51.5 Å². The Morgan fingerprint density at radius 3 is 2.54 bits per heavy atom. The second-order valence-corrected chi connectivity index (χ2v) is 7.90. The van der Waals surface area contributed by atoms with Crippen LogP contribution in [0.3, 0.4) is 0 Å². The number of hydrogen-bond acceptors (Lipinski definition) is 4. The molecule has 0 saturated carbocycles. The van der Waals surface area contributed by atoms with E-state index in [0.717, 1.165) is 17.7 Å². The fourth-order valence-electron chi connectivity index (χ4n) is 3.01. The first kappa shape index (κ1) is 18.6. The third kappa shape index (κ3) is 3.67. The van der Waals surface area contributed by atoms with Gasteiger partial charge in [0.2, 0.25) is 5.91 Å². The number of amides is 1. The average Bonchev–Trinajstić information content (AvgIpc) is 2.81. The second kappa shape index (κ2) is 7.61. The number of nitrogens with one attached hydrogen (secondary N) is 2. The van der Waals surface area contributed by atoms with Crippen LogP contribution in [0.15, 0.2) is 29.1 Å². The molecule has 2 aromatic rings. The van der Waals surface area contributed by atoms with Gasteiger partial charge in [-0.25, -0.2) is 0 Å². The second-order valence-electron chi connectivity index (χ2n) is 6.81. The molecule has 0 spiro atoms. The lowest BCUT2D eigenvalue weighted by atomic mass is 10.1. The number of nitrogens with zero attached hydrogens (tertiary/aromatic N) is 1. The largest absolute Gasteiger partial charge is 0.491 e. The number of carbonyl (C=O) groups excluding carboxylic acids is 1. The van der Waals surface area contributed by atoms with Crippen LogP contribution in [0.2, 0.25) is 0 Å². The van der Waals surface area contributed by atoms with Gasteiger partial charge >= 0.3 is 0 Å². The van der Waals surface area contributed by atoms with Crippen molar-refractivity contribution >= 4 is 23.5 Å². The molecule has 140 valence electrons. The van der Waals surface area contributed by atoms with Gasteiger partial charge in [0.15, 0.2) is 0 Å². The Morgan fingerprint density at radius 2 is 1.92 bits per heavy atom.